The van der Waals surface area contributed by atoms with E-state index in [-0.39, 0.29) is 17.5 Å². The van der Waals surface area contributed by atoms with Crippen LogP contribution < -0.4 is 4.90 Å². The maximum absolute atomic E-state index is 11.7. The lowest BCUT2D eigenvalue weighted by atomic mass is 9.94. The van der Waals surface area contributed by atoms with Crippen LogP contribution in [0.15, 0.2) is 36.7 Å². The second kappa shape index (κ2) is 5.92. The molecule has 1 aromatic heterocycles. The van der Waals surface area contributed by atoms with Gasteiger partial charge in [0.05, 0.1) is 23.7 Å². The zero-order chi connectivity index (χ0) is 16.7. The highest BCUT2D eigenvalue weighted by molar-refractivity contribution is 7.91. The first-order valence-corrected chi connectivity index (χ1v) is 10.4. The molecule has 5 nitrogen and oxygen atoms in total. The van der Waals surface area contributed by atoms with Gasteiger partial charge in [-0.15, -0.1) is 0 Å². The predicted octanol–water partition coefficient (Wildman–Crippen LogP) is 2.44. The minimum absolute atomic E-state index is 0.00341. The number of fused-ring (bicyclic) bond motifs is 1. The highest BCUT2D eigenvalue weighted by atomic mass is 32.2. The zero-order valence-corrected chi connectivity index (χ0v) is 14.7. The number of nitrogens with zero attached hydrogens (tertiary/aromatic N) is 3. The molecule has 24 heavy (non-hydrogen) atoms. The maximum atomic E-state index is 11.7. The molecule has 4 rings (SSSR count). The molecule has 6 heteroatoms. The molecule has 1 aromatic carbocycles. The molecule has 1 saturated heterocycles. The first-order valence-electron chi connectivity index (χ1n) is 8.56. The summed E-state index contributed by atoms with van der Waals surface area (Å²) in [6.07, 6.45) is 5.71. The van der Waals surface area contributed by atoms with Crippen LogP contribution >= 0.6 is 0 Å². The Morgan fingerprint density at radius 2 is 2.12 bits per heavy atom. The van der Waals surface area contributed by atoms with Crippen LogP contribution in [0.5, 0.6) is 0 Å². The fraction of sp³-hybridized carbons (Fsp3) is 0.500. The van der Waals surface area contributed by atoms with E-state index in [1.165, 1.54) is 11.3 Å². The third-order valence-electron chi connectivity index (χ3n) is 5.04. The maximum Gasteiger partial charge on any atom is 0.152 e. The standard InChI is InChI=1S/C18H23N3O2S/c1-14-8-16-4-2-3-5-18(16)20(10-14)11-15-9-19-21(12-15)17-6-7-24(22,23)13-17/h2-5,9,12,14,17H,6-8,10-11,13H2,1H3/t14-,17+/m0/s1. The van der Waals surface area contributed by atoms with Crippen molar-refractivity contribution in [2.24, 2.45) is 5.92 Å². The fourth-order valence-electron chi connectivity index (χ4n) is 3.92. The summed E-state index contributed by atoms with van der Waals surface area (Å²) >= 11 is 0. The average Bonchev–Trinajstić information content (AvgIpc) is 3.13. The second-order valence-electron chi connectivity index (χ2n) is 7.20. The fourth-order valence-corrected chi connectivity index (χ4v) is 5.62. The lowest BCUT2D eigenvalue weighted by Crippen LogP contribution is -2.33. The summed E-state index contributed by atoms with van der Waals surface area (Å²) < 4.78 is 25.2. The molecule has 0 amide bonds. The second-order valence-corrected chi connectivity index (χ2v) is 9.43. The number of aromatic nitrogens is 2. The summed E-state index contributed by atoms with van der Waals surface area (Å²) in [6.45, 7) is 4.15. The number of para-hydroxylation sites is 1. The van der Waals surface area contributed by atoms with Gasteiger partial charge in [0, 0.05) is 30.5 Å². The predicted molar refractivity (Wildman–Crippen MR) is 94.9 cm³/mol. The molecule has 1 fully saturated rings. The summed E-state index contributed by atoms with van der Waals surface area (Å²) in [5, 5.41) is 4.43. The Balaban J connectivity index is 1.53. The van der Waals surface area contributed by atoms with Crippen LogP contribution in [0.4, 0.5) is 5.69 Å². The van der Waals surface area contributed by atoms with Gasteiger partial charge in [-0.05, 0) is 30.4 Å². The van der Waals surface area contributed by atoms with Crippen molar-refractivity contribution in [2.75, 3.05) is 23.0 Å². The van der Waals surface area contributed by atoms with E-state index in [2.05, 4.69) is 41.2 Å². The summed E-state index contributed by atoms with van der Waals surface area (Å²) in [5.74, 6) is 1.14. The van der Waals surface area contributed by atoms with Crippen molar-refractivity contribution < 1.29 is 8.42 Å². The SMILES string of the molecule is C[C@H]1Cc2ccccc2N(Cc2cnn([C@@H]3CCS(=O)(=O)C3)c2)C1. The molecule has 2 aliphatic heterocycles. The Kier molecular flexibility index (Phi) is 3.87. The largest absolute Gasteiger partial charge is 0.367 e. The Labute approximate surface area is 143 Å². The molecule has 2 aromatic rings. The first kappa shape index (κ1) is 15.7. The van der Waals surface area contributed by atoms with Gasteiger partial charge in [0.1, 0.15) is 0 Å². The summed E-state index contributed by atoms with van der Waals surface area (Å²) in [5.41, 5.74) is 3.86. The van der Waals surface area contributed by atoms with Gasteiger partial charge in [0.15, 0.2) is 9.84 Å². The molecule has 0 spiro atoms. The minimum atomic E-state index is -2.88. The van der Waals surface area contributed by atoms with Crippen LogP contribution in [0.3, 0.4) is 0 Å². The Morgan fingerprint density at radius 1 is 1.29 bits per heavy atom. The number of hydrogen-bond donors (Lipinski definition) is 0. The van der Waals surface area contributed by atoms with E-state index in [9.17, 15) is 8.42 Å². The first-order chi connectivity index (χ1) is 11.5. The summed E-state index contributed by atoms with van der Waals surface area (Å²) in [4.78, 5) is 2.41. The topological polar surface area (TPSA) is 55.2 Å². The smallest absolute Gasteiger partial charge is 0.152 e. The van der Waals surface area contributed by atoms with Gasteiger partial charge in [-0.25, -0.2) is 8.42 Å². The number of sulfone groups is 1. The summed E-state index contributed by atoms with van der Waals surface area (Å²) in [6, 6.07) is 8.60. The van der Waals surface area contributed by atoms with Crippen molar-refractivity contribution in [3.8, 4) is 0 Å². The number of hydrogen-bond acceptors (Lipinski definition) is 4. The Bertz CT molecular complexity index is 843. The normalized spacial score (nSPS) is 25.6. The molecule has 3 heterocycles. The van der Waals surface area contributed by atoms with Crippen molar-refractivity contribution in [1.82, 2.24) is 9.78 Å². The molecular weight excluding hydrogens is 322 g/mol. The van der Waals surface area contributed by atoms with E-state index < -0.39 is 9.84 Å². The molecule has 0 radical (unpaired) electrons. The van der Waals surface area contributed by atoms with Crippen molar-refractivity contribution in [3.63, 3.8) is 0 Å². The molecule has 0 N–H and O–H groups in total. The molecule has 0 aliphatic carbocycles. The van der Waals surface area contributed by atoms with Gasteiger partial charge in [-0.1, -0.05) is 25.1 Å². The lowest BCUT2D eigenvalue weighted by molar-refractivity contribution is 0.498. The molecule has 2 aliphatic rings. The van der Waals surface area contributed by atoms with Gasteiger partial charge < -0.3 is 4.90 Å². The van der Waals surface area contributed by atoms with Gasteiger partial charge in [-0.3, -0.25) is 4.68 Å². The number of rotatable bonds is 3. The van der Waals surface area contributed by atoms with Crippen LogP contribution in [0.25, 0.3) is 0 Å². The van der Waals surface area contributed by atoms with E-state index >= 15 is 0 Å². The van der Waals surface area contributed by atoms with Crippen molar-refractivity contribution in [1.29, 1.82) is 0 Å². The number of anilines is 1. The highest BCUT2D eigenvalue weighted by Gasteiger charge is 2.30. The zero-order valence-electron chi connectivity index (χ0n) is 13.9. The third-order valence-corrected chi connectivity index (χ3v) is 6.79. The van der Waals surface area contributed by atoms with E-state index in [1.807, 2.05) is 17.1 Å². The summed E-state index contributed by atoms with van der Waals surface area (Å²) in [7, 11) is -2.88. The Morgan fingerprint density at radius 3 is 2.92 bits per heavy atom. The van der Waals surface area contributed by atoms with Gasteiger partial charge in [0.2, 0.25) is 0 Å². The van der Waals surface area contributed by atoms with Crippen LogP contribution in [0.2, 0.25) is 0 Å². The quantitative estimate of drug-likeness (QED) is 0.857. The average molecular weight is 345 g/mol. The van der Waals surface area contributed by atoms with E-state index in [1.54, 1.807) is 0 Å². The van der Waals surface area contributed by atoms with Gasteiger partial charge in [-0.2, -0.15) is 5.10 Å². The molecule has 0 saturated carbocycles. The van der Waals surface area contributed by atoms with Crippen molar-refractivity contribution in [2.45, 2.75) is 32.4 Å². The van der Waals surface area contributed by atoms with Gasteiger partial charge in [0.25, 0.3) is 0 Å². The van der Waals surface area contributed by atoms with Crippen LogP contribution in [0, 0.1) is 5.92 Å². The lowest BCUT2D eigenvalue weighted by Gasteiger charge is -2.34. The molecule has 0 unspecified atom stereocenters. The molecular formula is C18H23N3O2S. The van der Waals surface area contributed by atoms with Crippen molar-refractivity contribution >= 4 is 15.5 Å². The highest BCUT2D eigenvalue weighted by Crippen LogP contribution is 2.31. The van der Waals surface area contributed by atoms with Crippen LogP contribution in [-0.4, -0.2) is 36.2 Å². The molecule has 128 valence electrons. The molecule has 0 bridgehead atoms. The van der Waals surface area contributed by atoms with E-state index in [0.717, 1.165) is 25.1 Å². The third kappa shape index (κ3) is 3.07. The number of benzene rings is 1. The van der Waals surface area contributed by atoms with E-state index in [0.29, 0.717) is 12.3 Å². The van der Waals surface area contributed by atoms with Crippen LogP contribution in [0.1, 0.15) is 30.5 Å². The Hall–Kier alpha value is -1.82. The van der Waals surface area contributed by atoms with Crippen LogP contribution in [-0.2, 0) is 22.8 Å². The minimum Gasteiger partial charge on any atom is -0.367 e. The molecule has 2 atom stereocenters. The van der Waals surface area contributed by atoms with E-state index in [4.69, 9.17) is 0 Å². The van der Waals surface area contributed by atoms with Gasteiger partial charge >= 0.3 is 0 Å². The van der Waals surface area contributed by atoms with Crippen molar-refractivity contribution in [3.05, 3.63) is 47.8 Å². The monoisotopic (exact) mass is 345 g/mol.